The van der Waals surface area contributed by atoms with E-state index in [1.54, 1.807) is 0 Å². The molecule has 0 spiro atoms. The van der Waals surface area contributed by atoms with Crippen molar-refractivity contribution in [2.24, 2.45) is 4.99 Å². The summed E-state index contributed by atoms with van der Waals surface area (Å²) >= 11 is 6.98. The van der Waals surface area contributed by atoms with Crippen LogP contribution in [-0.2, 0) is 20.6 Å². The Bertz CT molecular complexity index is 1930. The minimum Gasteiger partial charge on any atom is -0.397 e. The summed E-state index contributed by atoms with van der Waals surface area (Å²) in [5.74, 6) is 0. The largest absolute Gasteiger partial charge is 0.397 e. The van der Waals surface area contributed by atoms with E-state index in [9.17, 15) is 0 Å². The maximum Gasteiger partial charge on any atom is 0.271 e. The third-order valence-electron chi connectivity index (χ3n) is 7.00. The second kappa shape index (κ2) is 15.6. The molecule has 10 heteroatoms. The van der Waals surface area contributed by atoms with Gasteiger partial charge in [-0.1, -0.05) is 48.5 Å². The van der Waals surface area contributed by atoms with Gasteiger partial charge in [0.25, 0.3) is 6.48 Å². The minimum absolute atomic E-state index is 0.472. The number of hydrogen-bond acceptors (Lipinski definition) is 7. The van der Waals surface area contributed by atoms with Crippen LogP contribution in [0.3, 0.4) is 0 Å². The number of benzene rings is 4. The highest BCUT2D eigenvalue weighted by Gasteiger charge is 2.18. The van der Waals surface area contributed by atoms with Crippen LogP contribution in [0.4, 0.5) is 11.4 Å². The summed E-state index contributed by atoms with van der Waals surface area (Å²) in [4.78, 5) is 13.8. The van der Waals surface area contributed by atoms with E-state index in [2.05, 4.69) is 59.0 Å². The van der Waals surface area contributed by atoms with Gasteiger partial charge in [-0.3, -0.25) is 9.39 Å². The highest BCUT2D eigenvalue weighted by Crippen LogP contribution is 2.32. The molecular weight excluding hydrogens is 698 g/mol. The SMILES string of the molecule is Brc1cccc2c1ncn1c3ccccc3nc21.CCOC(OCC)OCC.Nc1c(Br)cccc1C1=Nc2ccccc2C1. The smallest absolute Gasteiger partial charge is 0.271 e. The summed E-state index contributed by atoms with van der Waals surface area (Å²) in [5.41, 5.74) is 15.2. The summed E-state index contributed by atoms with van der Waals surface area (Å²) in [6.07, 6.45) is 2.69. The highest BCUT2D eigenvalue weighted by atomic mass is 79.9. The molecule has 0 fully saturated rings. The van der Waals surface area contributed by atoms with Crippen LogP contribution in [0.25, 0.3) is 27.6 Å². The Kier molecular flexibility index (Phi) is 11.3. The second-order valence-electron chi connectivity index (χ2n) is 9.89. The van der Waals surface area contributed by atoms with E-state index in [0.717, 1.165) is 65.6 Å². The van der Waals surface area contributed by atoms with Crippen LogP contribution in [0.15, 0.2) is 105 Å². The first-order valence-corrected chi connectivity index (χ1v) is 16.4. The number of fused-ring (bicyclic) bond motifs is 6. The van der Waals surface area contributed by atoms with E-state index in [4.69, 9.17) is 19.9 Å². The number of nitrogens with two attached hydrogens (primary N) is 1. The molecule has 45 heavy (non-hydrogen) atoms. The zero-order valence-corrected chi connectivity index (χ0v) is 28.6. The number of ether oxygens (including phenoxy) is 3. The van der Waals surface area contributed by atoms with Gasteiger partial charge in [-0.2, -0.15) is 0 Å². The molecule has 2 aromatic heterocycles. The first kappa shape index (κ1) is 32.7. The molecule has 8 nitrogen and oxygen atoms in total. The Hall–Kier alpha value is -3.67. The maximum absolute atomic E-state index is 6.07. The molecule has 3 heterocycles. The number of para-hydroxylation sites is 5. The molecule has 0 saturated carbocycles. The number of nitrogen functional groups attached to an aromatic ring is 1. The van der Waals surface area contributed by atoms with Crippen molar-refractivity contribution in [3.8, 4) is 0 Å². The van der Waals surface area contributed by atoms with E-state index in [-0.39, 0.29) is 0 Å². The maximum atomic E-state index is 6.07. The van der Waals surface area contributed by atoms with Crippen LogP contribution in [0, 0.1) is 0 Å². The standard InChI is InChI=1S/C14H8BrN3.C14H11BrN2.C7H16O3/c15-10-5-3-4-9-13(10)16-8-18-12-7-2-1-6-11(12)17-14(9)18;15-11-6-3-5-10(14(11)16)13-8-9-4-1-2-7-12(9)17-13;1-4-8-7(9-5-2)10-6-3/h1-8H;1-7H,8,16H2;7H,4-6H2,1-3H3. The summed E-state index contributed by atoms with van der Waals surface area (Å²) in [5, 5.41) is 1.06. The van der Waals surface area contributed by atoms with Crippen molar-refractivity contribution in [2.45, 2.75) is 33.7 Å². The number of rotatable bonds is 7. The van der Waals surface area contributed by atoms with Gasteiger partial charge < -0.3 is 19.9 Å². The van der Waals surface area contributed by atoms with Gasteiger partial charge in [0.2, 0.25) is 0 Å². The van der Waals surface area contributed by atoms with E-state index in [1.165, 1.54) is 5.56 Å². The molecule has 0 bridgehead atoms. The number of imidazole rings is 1. The zero-order valence-electron chi connectivity index (χ0n) is 25.4. The van der Waals surface area contributed by atoms with E-state index >= 15 is 0 Å². The van der Waals surface area contributed by atoms with Gasteiger partial charge in [0.1, 0.15) is 12.0 Å². The first-order valence-electron chi connectivity index (χ1n) is 14.8. The summed E-state index contributed by atoms with van der Waals surface area (Å²) < 4.78 is 19.2. The van der Waals surface area contributed by atoms with Gasteiger partial charge in [-0.25, -0.2) is 9.97 Å². The summed E-state index contributed by atoms with van der Waals surface area (Å²) in [6.45, 7) is 7.10. The third-order valence-corrected chi connectivity index (χ3v) is 8.33. The number of halogens is 2. The van der Waals surface area contributed by atoms with Gasteiger partial charge in [-0.05, 0) is 94.6 Å². The Morgan fingerprint density at radius 2 is 1.47 bits per heavy atom. The van der Waals surface area contributed by atoms with Crippen LogP contribution in [0.5, 0.6) is 0 Å². The van der Waals surface area contributed by atoms with Crippen molar-refractivity contribution in [2.75, 3.05) is 25.6 Å². The topological polar surface area (TPSA) is 96.3 Å². The molecule has 1 aliphatic rings. The van der Waals surface area contributed by atoms with Gasteiger partial charge >= 0.3 is 0 Å². The van der Waals surface area contributed by atoms with Crippen molar-refractivity contribution in [3.63, 3.8) is 0 Å². The van der Waals surface area contributed by atoms with Gasteiger partial charge in [-0.15, -0.1) is 0 Å². The lowest BCUT2D eigenvalue weighted by molar-refractivity contribution is -0.282. The number of aromatic nitrogens is 3. The average molecular weight is 734 g/mol. The number of hydrogen-bond donors (Lipinski definition) is 1. The minimum atomic E-state index is -0.472. The highest BCUT2D eigenvalue weighted by molar-refractivity contribution is 9.11. The van der Waals surface area contributed by atoms with E-state index < -0.39 is 6.48 Å². The molecule has 0 atom stereocenters. The molecule has 7 rings (SSSR count). The van der Waals surface area contributed by atoms with Crippen molar-refractivity contribution in [1.82, 2.24) is 14.4 Å². The van der Waals surface area contributed by atoms with Crippen molar-refractivity contribution >= 4 is 76.5 Å². The molecule has 232 valence electrons. The summed E-state index contributed by atoms with van der Waals surface area (Å²) in [7, 11) is 0. The molecule has 6 aromatic rings. The van der Waals surface area contributed by atoms with Crippen LogP contribution in [-0.4, -0.2) is 46.4 Å². The molecule has 0 aliphatic carbocycles. The zero-order chi connectivity index (χ0) is 31.8. The van der Waals surface area contributed by atoms with Crippen molar-refractivity contribution < 1.29 is 14.2 Å². The molecular formula is C35H35Br2N5O3. The molecule has 1 aliphatic heterocycles. The van der Waals surface area contributed by atoms with Crippen LogP contribution < -0.4 is 5.73 Å². The molecule has 0 radical (unpaired) electrons. The van der Waals surface area contributed by atoms with E-state index in [0.29, 0.717) is 19.8 Å². The molecule has 0 amide bonds. The third kappa shape index (κ3) is 7.59. The Balaban J connectivity index is 0.000000140. The fraction of sp³-hybridized carbons (Fsp3) is 0.229. The number of anilines is 1. The lowest BCUT2D eigenvalue weighted by Gasteiger charge is -2.15. The molecule has 0 saturated heterocycles. The monoisotopic (exact) mass is 731 g/mol. The van der Waals surface area contributed by atoms with Crippen molar-refractivity contribution in [1.29, 1.82) is 0 Å². The number of aliphatic imine (C=N–C) groups is 1. The first-order chi connectivity index (χ1) is 21.9. The van der Waals surface area contributed by atoms with Gasteiger partial charge in [0.15, 0.2) is 0 Å². The second-order valence-corrected chi connectivity index (χ2v) is 11.6. The van der Waals surface area contributed by atoms with Crippen LogP contribution >= 0.6 is 31.9 Å². The fourth-order valence-corrected chi connectivity index (χ4v) is 5.76. The quantitative estimate of drug-likeness (QED) is 0.130. The summed E-state index contributed by atoms with van der Waals surface area (Å²) in [6, 6.07) is 28.3. The van der Waals surface area contributed by atoms with E-state index in [1.807, 2.05) is 104 Å². The lowest BCUT2D eigenvalue weighted by atomic mass is 10.0. The van der Waals surface area contributed by atoms with Gasteiger partial charge in [0, 0.05) is 46.1 Å². The Morgan fingerprint density at radius 3 is 2.20 bits per heavy atom. The van der Waals surface area contributed by atoms with Crippen molar-refractivity contribution in [3.05, 3.63) is 111 Å². The predicted octanol–water partition coefficient (Wildman–Crippen LogP) is 8.89. The van der Waals surface area contributed by atoms with Crippen LogP contribution in [0.1, 0.15) is 31.9 Å². The molecule has 2 N–H and O–H groups in total. The Morgan fingerprint density at radius 1 is 0.800 bits per heavy atom. The van der Waals surface area contributed by atoms with Crippen LogP contribution in [0.2, 0.25) is 0 Å². The molecule has 0 unspecified atom stereocenters. The Labute approximate surface area is 279 Å². The normalized spacial score (nSPS) is 12.1. The molecule has 4 aromatic carbocycles. The lowest BCUT2D eigenvalue weighted by Crippen LogP contribution is -2.20. The average Bonchev–Trinajstić information content (AvgIpc) is 3.66. The fourth-order valence-electron chi connectivity index (χ4n) is 4.93. The van der Waals surface area contributed by atoms with Gasteiger partial charge in [0.05, 0.1) is 33.6 Å². The predicted molar refractivity (Wildman–Crippen MR) is 189 cm³/mol. The number of nitrogens with zero attached hydrogens (tertiary/aromatic N) is 4.